The highest BCUT2D eigenvalue weighted by molar-refractivity contribution is 8.28. The van der Waals surface area contributed by atoms with E-state index in [0.29, 0.717) is 0 Å². The van der Waals surface area contributed by atoms with Crippen molar-refractivity contribution in [3.63, 3.8) is 0 Å². The van der Waals surface area contributed by atoms with Crippen molar-refractivity contribution in [2.45, 2.75) is 49.3 Å². The molecule has 16 aromatic rings. The van der Waals surface area contributed by atoms with Crippen molar-refractivity contribution >= 4 is 117 Å². The molecule has 0 N–H and O–H groups in total. The van der Waals surface area contributed by atoms with Gasteiger partial charge < -0.3 is 0 Å². The zero-order valence-corrected chi connectivity index (χ0v) is 55.4. The van der Waals surface area contributed by atoms with Crippen molar-refractivity contribution < 1.29 is 0 Å². The Morgan fingerprint density at radius 3 is 0.774 bits per heavy atom. The van der Waals surface area contributed by atoms with Crippen molar-refractivity contribution in [2.24, 2.45) is 0 Å². The van der Waals surface area contributed by atoms with Gasteiger partial charge in [-0.15, -0.1) is 0 Å². The highest BCUT2D eigenvalue weighted by atomic mass is 32.1. The molecule has 0 fully saturated rings. The number of benzene rings is 16. The van der Waals surface area contributed by atoms with Crippen molar-refractivity contribution in [3.8, 4) is 44.5 Å². The smallest absolute Gasteiger partial charge is 0.00247 e. The van der Waals surface area contributed by atoms with Crippen LogP contribution >= 0.6 is 31.1 Å². The van der Waals surface area contributed by atoms with Gasteiger partial charge in [0.15, 0.2) is 0 Å². The minimum atomic E-state index is -0.311. The summed E-state index contributed by atoms with van der Waals surface area (Å²) in [7, 11) is -1.12. The minimum Gasteiger partial charge on any atom is -0.0933 e. The van der Waals surface area contributed by atoms with Crippen LogP contribution in [0.1, 0.15) is 44.5 Å². The zero-order chi connectivity index (χ0) is 61.1. The molecule has 0 spiro atoms. The summed E-state index contributed by atoms with van der Waals surface area (Å²) in [6.45, 7) is 0. The zero-order valence-electron chi connectivity index (χ0n) is 51.9. The third-order valence-corrected chi connectivity index (χ3v) is 34.9. The molecule has 0 aliphatic carbocycles. The molecule has 0 atom stereocenters. The Bertz CT molecular complexity index is 5390. The van der Waals surface area contributed by atoms with Crippen LogP contribution in [0.25, 0.3) is 131 Å². The van der Waals surface area contributed by atoms with Gasteiger partial charge in [0.1, 0.15) is 0 Å². The second-order valence-corrected chi connectivity index (χ2v) is 38.3. The number of fused-ring (bicyclic) bond motifs is 20. The van der Waals surface area contributed by atoms with E-state index in [4.69, 9.17) is 0 Å². The maximum Gasteiger partial charge on any atom is -0.00247 e. The fourth-order valence-electron chi connectivity index (χ4n) is 16.5. The normalized spacial score (nSPS) is 14.8. The molecule has 0 nitrogen and oxygen atoms in total. The van der Waals surface area contributed by atoms with Crippen LogP contribution in [0, 0.1) is 0 Å². The molecule has 16 aromatic carbocycles. The van der Waals surface area contributed by atoms with Gasteiger partial charge in [0, 0.05) is 0 Å². The summed E-state index contributed by atoms with van der Waals surface area (Å²) in [4.78, 5) is 0. The second kappa shape index (κ2) is 23.1. The van der Waals surface area contributed by atoms with Crippen molar-refractivity contribution in [3.05, 3.63) is 336 Å². The summed E-state index contributed by atoms with van der Waals surface area (Å²) in [6.07, 6.45) is 9.47. The fourth-order valence-corrected chi connectivity index (χ4v) is 31.4. The Hall–Kier alpha value is -8.68. The first kappa shape index (κ1) is 55.9. The lowest BCUT2D eigenvalue weighted by Gasteiger charge is -2.29. The van der Waals surface area contributed by atoms with Crippen LogP contribution < -0.4 is 0 Å². The quantitative estimate of drug-likeness (QED) is 0.155. The first-order valence-corrected chi connectivity index (χ1v) is 41.0. The summed E-state index contributed by atoms with van der Waals surface area (Å²) < 4.78 is 0. The summed E-state index contributed by atoms with van der Waals surface area (Å²) in [5.74, 6) is 1.34. The van der Waals surface area contributed by atoms with Crippen molar-refractivity contribution in [1.82, 2.24) is 0 Å². The van der Waals surface area contributed by atoms with Gasteiger partial charge in [0.25, 0.3) is 0 Å². The van der Waals surface area contributed by atoms with Crippen LogP contribution in [0.2, 0.25) is 0 Å². The summed E-state index contributed by atoms with van der Waals surface area (Å²) >= 11 is 0. The third-order valence-electron chi connectivity index (χ3n) is 20.8. The molecule has 4 heteroatoms. The van der Waals surface area contributed by atoms with E-state index in [0.717, 1.165) is 0 Å². The maximum atomic E-state index is 2.53. The van der Waals surface area contributed by atoms with E-state index >= 15 is 0 Å². The van der Waals surface area contributed by atoms with E-state index in [1.54, 1.807) is 22.3 Å². The lowest BCUT2D eigenvalue weighted by atomic mass is 9.88. The first-order valence-electron chi connectivity index (χ1n) is 33.1. The molecule has 20 rings (SSSR count). The molecule has 0 aromatic heterocycles. The molecule has 8 bridgehead atoms. The molecular weight excluding hydrogens is 1190 g/mol. The van der Waals surface area contributed by atoms with E-state index < -0.39 is 0 Å². The molecule has 4 aliphatic rings. The van der Waals surface area contributed by atoms with Crippen LogP contribution in [0.5, 0.6) is 0 Å². The number of hydrogen-bond donors (Lipinski definition) is 0. The lowest BCUT2D eigenvalue weighted by molar-refractivity contribution is 1.32. The standard InChI is InChI=1S/C45H34P2.C44H32P2/c1-3-11-38-32(7-1)19-21-36-27-47(28-37-22-20-33-8-2-4-12-39(33)45(37)44(36)38)29-46-25-30-15-17-34-9-5-13-40(42(34)23-30)41-14-6-10-35-18-16-31(26-46)24-43(35)41;1-3-11-37-31(7-1)19-21-35-27-46(28-36-22-20-32-8-2-4-12-38(32)44(36)43(35)37)45-25-29-15-17-33-9-5-13-39(41(33)23-29)40-14-6-10-34-18-16-30(26-45)24-42(34)40/h1-24H,25-29H2;1-24H,25-28H2. The van der Waals surface area contributed by atoms with E-state index in [1.165, 1.54) is 208 Å². The molecule has 0 unspecified atom stereocenters. The van der Waals surface area contributed by atoms with Gasteiger partial charge >= 0.3 is 0 Å². The summed E-state index contributed by atoms with van der Waals surface area (Å²) in [5, 5.41) is 21.9. The molecule has 4 aliphatic heterocycles. The van der Waals surface area contributed by atoms with E-state index in [-0.39, 0.29) is 31.1 Å². The second-order valence-electron chi connectivity index (χ2n) is 26.5. The van der Waals surface area contributed by atoms with Gasteiger partial charge in [0.05, 0.1) is 0 Å². The molecule has 0 saturated carbocycles. The van der Waals surface area contributed by atoms with Crippen LogP contribution in [-0.4, -0.2) is 5.90 Å². The largest absolute Gasteiger partial charge is 0.0933 e. The van der Waals surface area contributed by atoms with E-state index in [9.17, 15) is 0 Å². The molecule has 0 saturated heterocycles. The Morgan fingerprint density at radius 1 is 0.194 bits per heavy atom. The third kappa shape index (κ3) is 9.95. The average molecular weight is 1260 g/mol. The Labute approximate surface area is 548 Å². The van der Waals surface area contributed by atoms with Gasteiger partial charge in [-0.1, -0.05) is 322 Å². The van der Waals surface area contributed by atoms with Crippen LogP contribution in [0.15, 0.2) is 291 Å². The predicted octanol–water partition coefficient (Wildman–Crippen LogP) is 26.5. The Morgan fingerprint density at radius 2 is 0.441 bits per heavy atom. The highest BCUT2D eigenvalue weighted by Gasteiger charge is 2.32. The first-order chi connectivity index (χ1) is 46.0. The van der Waals surface area contributed by atoms with E-state index in [1.807, 2.05) is 0 Å². The van der Waals surface area contributed by atoms with Gasteiger partial charge in [-0.2, -0.15) is 0 Å². The lowest BCUT2D eigenvalue weighted by Crippen LogP contribution is -1.97. The van der Waals surface area contributed by atoms with Gasteiger partial charge in [-0.05, 0) is 230 Å². The SMILES string of the molecule is c1cc2c3cc(ccc3c1)CP(CP1Cc3ccc4ccccc4c3-c3c(ccc4ccccc34)C1)Cc1ccc3cccc-2c3c1.c1cc2c3cc(ccc3c1)CP(P1Cc3ccc4ccccc4c3-c3c(ccc4ccccc34)C1)Cc1ccc3cccc-2c3c1. The van der Waals surface area contributed by atoms with Crippen LogP contribution in [-0.2, 0) is 49.3 Å². The Kier molecular flexibility index (Phi) is 13.9. The molecule has 442 valence electrons. The molecule has 0 radical (unpaired) electrons. The van der Waals surface area contributed by atoms with Crippen LogP contribution in [0.3, 0.4) is 0 Å². The van der Waals surface area contributed by atoms with Gasteiger partial charge in [0.2, 0.25) is 0 Å². The molecule has 0 amide bonds. The average Bonchev–Trinajstić information content (AvgIpc) is 1.75. The highest BCUT2D eigenvalue weighted by Crippen LogP contribution is 2.76. The molecule has 4 heterocycles. The van der Waals surface area contributed by atoms with Crippen molar-refractivity contribution in [2.75, 3.05) is 5.90 Å². The van der Waals surface area contributed by atoms with Crippen molar-refractivity contribution in [1.29, 1.82) is 0 Å². The van der Waals surface area contributed by atoms with Crippen LogP contribution in [0.4, 0.5) is 0 Å². The number of rotatable bonds is 3. The monoisotopic (exact) mass is 1260 g/mol. The molecule has 93 heavy (non-hydrogen) atoms. The fraction of sp³-hybridized carbons (Fsp3) is 0.101. The predicted molar refractivity (Wildman–Crippen MR) is 410 cm³/mol. The van der Waals surface area contributed by atoms with E-state index in [2.05, 4.69) is 291 Å². The van der Waals surface area contributed by atoms with Gasteiger partial charge in [-0.25, -0.2) is 0 Å². The van der Waals surface area contributed by atoms with Gasteiger partial charge in [-0.3, -0.25) is 0 Å². The number of hydrogen-bond acceptors (Lipinski definition) is 0. The molecular formula is C89H66P4. The maximum absolute atomic E-state index is 2.53. The summed E-state index contributed by atoms with van der Waals surface area (Å²) in [5.41, 5.74) is 23.5. The Balaban J connectivity index is 0.000000133. The summed E-state index contributed by atoms with van der Waals surface area (Å²) in [6, 6.07) is 112. The topological polar surface area (TPSA) is 0 Å². The minimum absolute atomic E-state index is 0.244.